The average Bonchev–Trinajstić information content (AvgIpc) is 3.18. The molecule has 0 bridgehead atoms. The van der Waals surface area contributed by atoms with Crippen molar-refractivity contribution in [3.63, 3.8) is 0 Å². The second kappa shape index (κ2) is 11.1. The molecule has 1 aliphatic heterocycles. The van der Waals surface area contributed by atoms with Gasteiger partial charge in [-0.1, -0.05) is 49.4 Å². The van der Waals surface area contributed by atoms with Crippen LogP contribution >= 0.6 is 0 Å². The minimum Gasteiger partial charge on any atom is -0.490 e. The maximum Gasteiger partial charge on any atom is 0.258 e. The molecule has 6 nitrogen and oxygen atoms in total. The third-order valence-corrected chi connectivity index (χ3v) is 5.96. The number of hydrogen-bond donors (Lipinski definition) is 2. The summed E-state index contributed by atoms with van der Waals surface area (Å²) in [6.07, 6.45) is 0. The molecule has 4 rings (SSSR count). The van der Waals surface area contributed by atoms with Crippen molar-refractivity contribution >= 4 is 28.6 Å². The average molecular weight is 472 g/mol. The van der Waals surface area contributed by atoms with E-state index >= 15 is 0 Å². The summed E-state index contributed by atoms with van der Waals surface area (Å²) in [6.45, 7) is 8.90. The number of hydrogen-bond acceptors (Lipinski definition) is 5. The fourth-order valence-electron chi connectivity index (χ4n) is 4.11. The zero-order chi connectivity index (χ0) is 24.8. The molecule has 6 heteroatoms. The Hall–Kier alpha value is -3.77. The van der Waals surface area contributed by atoms with Gasteiger partial charge in [-0.3, -0.25) is 4.79 Å². The van der Waals surface area contributed by atoms with Crippen LogP contribution in [-0.2, 0) is 11.3 Å². The van der Waals surface area contributed by atoms with Crippen LogP contribution in [0.5, 0.6) is 11.5 Å². The number of nitrogens with one attached hydrogen (secondary N) is 2. The predicted octanol–water partition coefficient (Wildman–Crippen LogP) is 5.87. The molecule has 1 heterocycles. The number of ether oxygens (including phenoxy) is 2. The molecule has 0 radical (unpaired) electrons. The summed E-state index contributed by atoms with van der Waals surface area (Å²) in [4.78, 5) is 15.5. The normalized spacial score (nSPS) is 13.9. The Morgan fingerprint density at radius 1 is 0.914 bits per heavy atom. The van der Waals surface area contributed by atoms with Crippen molar-refractivity contribution in [3.05, 3.63) is 83.4 Å². The maximum atomic E-state index is 13.3. The van der Waals surface area contributed by atoms with Crippen LogP contribution < -0.4 is 20.1 Å². The van der Waals surface area contributed by atoms with Crippen LogP contribution in [0.15, 0.2) is 66.7 Å². The van der Waals surface area contributed by atoms with E-state index in [1.807, 2.05) is 56.3 Å². The van der Waals surface area contributed by atoms with Crippen molar-refractivity contribution in [2.75, 3.05) is 37.4 Å². The van der Waals surface area contributed by atoms with Crippen molar-refractivity contribution < 1.29 is 14.3 Å². The molecular weight excluding hydrogens is 438 g/mol. The van der Waals surface area contributed by atoms with Crippen LogP contribution in [0.3, 0.4) is 0 Å². The number of fused-ring (bicyclic) bond motifs is 1. The Balaban J connectivity index is 1.79. The third-order valence-electron chi connectivity index (χ3n) is 5.96. The highest BCUT2D eigenvalue weighted by molar-refractivity contribution is 6.37. The molecular formula is C29H33N3O3. The summed E-state index contributed by atoms with van der Waals surface area (Å²) in [5.74, 6) is 1.08. The van der Waals surface area contributed by atoms with Gasteiger partial charge in [0.05, 0.1) is 30.2 Å². The quantitative estimate of drug-likeness (QED) is 0.362. The summed E-state index contributed by atoms with van der Waals surface area (Å²) in [5.41, 5.74) is 5.89. The summed E-state index contributed by atoms with van der Waals surface area (Å²) < 4.78 is 11.6. The van der Waals surface area contributed by atoms with Gasteiger partial charge < -0.3 is 25.0 Å². The molecule has 0 unspecified atom stereocenters. The predicted molar refractivity (Wildman–Crippen MR) is 143 cm³/mol. The monoisotopic (exact) mass is 471 g/mol. The summed E-state index contributed by atoms with van der Waals surface area (Å²) in [6, 6.07) is 22.0. The second-order valence-corrected chi connectivity index (χ2v) is 8.43. The van der Waals surface area contributed by atoms with Crippen molar-refractivity contribution in [2.45, 2.75) is 27.3 Å². The molecule has 0 saturated heterocycles. The molecule has 3 aromatic rings. The third kappa shape index (κ3) is 5.49. The Morgan fingerprint density at radius 2 is 1.57 bits per heavy atom. The lowest BCUT2D eigenvalue weighted by atomic mass is 9.99. The van der Waals surface area contributed by atoms with Gasteiger partial charge in [-0.2, -0.15) is 0 Å². The summed E-state index contributed by atoms with van der Waals surface area (Å²) in [5, 5.41) is 6.54. The van der Waals surface area contributed by atoms with E-state index in [0.29, 0.717) is 36.0 Å². The van der Waals surface area contributed by atoms with E-state index in [-0.39, 0.29) is 5.91 Å². The first-order valence-electron chi connectivity index (χ1n) is 12.1. The summed E-state index contributed by atoms with van der Waals surface area (Å²) >= 11 is 0. The molecule has 0 atom stereocenters. The first kappa shape index (κ1) is 24.4. The maximum absolute atomic E-state index is 13.3. The second-order valence-electron chi connectivity index (χ2n) is 8.43. The Labute approximate surface area is 207 Å². The van der Waals surface area contributed by atoms with Crippen LogP contribution in [-0.4, -0.2) is 37.6 Å². The van der Waals surface area contributed by atoms with Crippen LogP contribution in [0.4, 0.5) is 11.4 Å². The Morgan fingerprint density at radius 3 is 2.20 bits per heavy atom. The molecule has 0 aromatic heterocycles. The standard InChI is InChI=1S/C29H33N3O3/c1-5-32(4)19-20-13-15-22(16-14-20)30-28(21-11-9-8-10-12-21)27-23-17-25(34-6-2)26(35-7-3)18-24(23)31-29(27)33/h8-18,30H,5-7,19H2,1-4H3,(H,31,33). The first-order chi connectivity index (χ1) is 17.0. The lowest BCUT2D eigenvalue weighted by Crippen LogP contribution is -2.16. The lowest BCUT2D eigenvalue weighted by molar-refractivity contribution is -0.110. The van der Waals surface area contributed by atoms with E-state index in [4.69, 9.17) is 9.47 Å². The number of benzene rings is 3. The highest BCUT2D eigenvalue weighted by atomic mass is 16.5. The number of anilines is 2. The highest BCUT2D eigenvalue weighted by Crippen LogP contribution is 2.43. The fraction of sp³-hybridized carbons (Fsp3) is 0.276. The highest BCUT2D eigenvalue weighted by Gasteiger charge is 2.30. The molecule has 0 saturated carbocycles. The van der Waals surface area contributed by atoms with Gasteiger partial charge in [0.1, 0.15) is 0 Å². The van der Waals surface area contributed by atoms with E-state index in [1.165, 1.54) is 5.56 Å². The fourth-order valence-corrected chi connectivity index (χ4v) is 4.11. The van der Waals surface area contributed by atoms with Gasteiger partial charge in [-0.25, -0.2) is 0 Å². The smallest absolute Gasteiger partial charge is 0.258 e. The molecule has 3 aromatic carbocycles. The van der Waals surface area contributed by atoms with Crippen molar-refractivity contribution in [2.24, 2.45) is 0 Å². The lowest BCUT2D eigenvalue weighted by Gasteiger charge is -2.17. The first-order valence-corrected chi connectivity index (χ1v) is 12.1. The van der Waals surface area contributed by atoms with Crippen LogP contribution in [0.2, 0.25) is 0 Å². The Bertz CT molecular complexity index is 1200. The van der Waals surface area contributed by atoms with E-state index in [1.54, 1.807) is 0 Å². The van der Waals surface area contributed by atoms with Gasteiger partial charge in [0.25, 0.3) is 5.91 Å². The van der Waals surface area contributed by atoms with Crippen LogP contribution in [0.25, 0.3) is 11.3 Å². The molecule has 1 amide bonds. The van der Waals surface area contributed by atoms with Gasteiger partial charge >= 0.3 is 0 Å². The van der Waals surface area contributed by atoms with Gasteiger partial charge in [0.15, 0.2) is 11.5 Å². The van der Waals surface area contributed by atoms with Crippen molar-refractivity contribution in [1.82, 2.24) is 4.90 Å². The van der Waals surface area contributed by atoms with Crippen LogP contribution in [0.1, 0.15) is 37.5 Å². The minimum absolute atomic E-state index is 0.163. The number of rotatable bonds is 10. The van der Waals surface area contributed by atoms with Gasteiger partial charge in [0.2, 0.25) is 0 Å². The van der Waals surface area contributed by atoms with Crippen molar-refractivity contribution in [1.29, 1.82) is 0 Å². The number of carbonyl (C=O) groups excluding carboxylic acids is 1. The number of nitrogens with zero attached hydrogens (tertiary/aromatic N) is 1. The molecule has 35 heavy (non-hydrogen) atoms. The summed E-state index contributed by atoms with van der Waals surface area (Å²) in [7, 11) is 2.10. The van der Waals surface area contributed by atoms with E-state index in [9.17, 15) is 4.79 Å². The van der Waals surface area contributed by atoms with E-state index in [0.717, 1.165) is 35.6 Å². The van der Waals surface area contributed by atoms with E-state index < -0.39 is 0 Å². The topological polar surface area (TPSA) is 62.8 Å². The molecule has 182 valence electrons. The molecule has 2 N–H and O–H groups in total. The van der Waals surface area contributed by atoms with Crippen molar-refractivity contribution in [3.8, 4) is 11.5 Å². The molecule has 1 aliphatic rings. The largest absolute Gasteiger partial charge is 0.490 e. The zero-order valence-corrected chi connectivity index (χ0v) is 20.9. The number of carbonyl (C=O) groups is 1. The minimum atomic E-state index is -0.163. The number of amides is 1. The zero-order valence-electron chi connectivity index (χ0n) is 20.9. The van der Waals surface area contributed by atoms with Gasteiger partial charge in [-0.15, -0.1) is 0 Å². The SMILES string of the molecule is CCOc1cc2c(cc1OCC)C(=C(Nc1ccc(CN(C)CC)cc1)c1ccccc1)C(=O)N2. The molecule has 0 fully saturated rings. The Kier molecular flexibility index (Phi) is 7.73. The van der Waals surface area contributed by atoms with Gasteiger partial charge in [0, 0.05) is 23.9 Å². The van der Waals surface area contributed by atoms with Crippen LogP contribution in [0, 0.1) is 0 Å². The van der Waals surface area contributed by atoms with E-state index in [2.05, 4.69) is 53.8 Å². The molecule has 0 aliphatic carbocycles. The molecule has 0 spiro atoms. The van der Waals surface area contributed by atoms with Gasteiger partial charge in [-0.05, 0) is 56.8 Å².